The van der Waals surface area contributed by atoms with E-state index in [0.29, 0.717) is 42.6 Å². The molecule has 3 aliphatic rings. The predicted octanol–water partition coefficient (Wildman–Crippen LogP) is 6.41. The Morgan fingerprint density at radius 1 is 1.13 bits per heavy atom. The van der Waals surface area contributed by atoms with Crippen molar-refractivity contribution < 1.29 is 23.1 Å². The fraction of sp³-hybridized carbons (Fsp3) is 0.543. The van der Waals surface area contributed by atoms with Crippen LogP contribution in [-0.4, -0.2) is 43.4 Å². The van der Waals surface area contributed by atoms with Crippen LogP contribution in [0, 0.1) is 34.5 Å². The highest BCUT2D eigenvalue weighted by molar-refractivity contribution is 7.90. The summed E-state index contributed by atoms with van der Waals surface area (Å²) in [5.74, 6) is -0.527. The van der Waals surface area contributed by atoms with E-state index in [1.807, 2.05) is 31.2 Å². The zero-order chi connectivity index (χ0) is 32.6. The van der Waals surface area contributed by atoms with E-state index in [1.54, 1.807) is 45.0 Å². The smallest absolute Gasteiger partial charge is 0.264 e. The van der Waals surface area contributed by atoms with Crippen LogP contribution in [0.5, 0.6) is 5.75 Å². The van der Waals surface area contributed by atoms with Gasteiger partial charge in [-0.25, -0.2) is 13.1 Å². The molecule has 45 heavy (non-hydrogen) atoms. The van der Waals surface area contributed by atoms with E-state index in [4.69, 9.17) is 16.3 Å². The van der Waals surface area contributed by atoms with E-state index in [2.05, 4.69) is 15.7 Å². The van der Waals surface area contributed by atoms with Gasteiger partial charge in [-0.05, 0) is 119 Å². The molecule has 0 unspecified atom stereocenters. The number of hydrogen-bond donors (Lipinski definition) is 2. The molecule has 1 fully saturated rings. The van der Waals surface area contributed by atoms with Crippen molar-refractivity contribution in [2.24, 2.45) is 23.2 Å². The highest BCUT2D eigenvalue weighted by Gasteiger charge is 2.54. The fourth-order valence-electron chi connectivity index (χ4n) is 6.86. The van der Waals surface area contributed by atoms with Gasteiger partial charge in [0.05, 0.1) is 22.4 Å². The second-order valence-electron chi connectivity index (χ2n) is 13.6. The first-order valence-corrected chi connectivity index (χ1v) is 17.8. The molecule has 5 atom stereocenters. The summed E-state index contributed by atoms with van der Waals surface area (Å²) < 4.78 is 35.3. The van der Waals surface area contributed by atoms with E-state index in [1.165, 1.54) is 0 Å². The molecule has 8 nitrogen and oxygen atoms in total. The third-order valence-corrected chi connectivity index (χ3v) is 12.5. The van der Waals surface area contributed by atoms with Gasteiger partial charge in [-0.2, -0.15) is 5.26 Å². The Bertz CT molecular complexity index is 1620. The Kier molecular flexibility index (Phi) is 9.61. The van der Waals surface area contributed by atoms with Crippen LogP contribution in [0.4, 0.5) is 5.69 Å². The lowest BCUT2D eigenvalue weighted by Gasteiger charge is -2.52. The maximum Gasteiger partial charge on any atom is 0.264 e. The number of rotatable bonds is 1. The lowest BCUT2D eigenvalue weighted by Crippen LogP contribution is -2.56. The second kappa shape index (κ2) is 13.0. The molecule has 10 heteroatoms. The molecular weight excluding hydrogens is 610 g/mol. The summed E-state index contributed by atoms with van der Waals surface area (Å²) in [6.45, 7) is 8.51. The molecule has 5 rings (SSSR count). The molecule has 2 heterocycles. The SMILES string of the molecule is C[C@@H]1[C@@H](C)C/C=C/[C@@](O)(C(C)(C)C#N)[C@@H]2CC[C@H]2CN2CCCCc3cc(Cl)ccc3COc3ccc(cc32)C(=O)NS1(=O)=O. The van der Waals surface area contributed by atoms with E-state index in [-0.39, 0.29) is 23.3 Å². The molecule has 2 bridgehead atoms. The first kappa shape index (κ1) is 33.3. The fourth-order valence-corrected chi connectivity index (χ4v) is 8.34. The van der Waals surface area contributed by atoms with Gasteiger partial charge in [-0.3, -0.25) is 4.79 Å². The highest BCUT2D eigenvalue weighted by Crippen LogP contribution is 2.51. The molecule has 0 saturated heterocycles. The molecule has 1 saturated carbocycles. The van der Waals surface area contributed by atoms with Crippen molar-refractivity contribution in [1.82, 2.24) is 4.72 Å². The lowest BCUT2D eigenvalue weighted by molar-refractivity contribution is -0.0993. The highest BCUT2D eigenvalue weighted by atomic mass is 35.5. The van der Waals surface area contributed by atoms with Gasteiger partial charge in [0.25, 0.3) is 5.91 Å². The number of anilines is 1. The minimum Gasteiger partial charge on any atom is -0.487 e. The summed E-state index contributed by atoms with van der Waals surface area (Å²) in [5, 5.41) is 22.2. The van der Waals surface area contributed by atoms with Crippen LogP contribution in [0.25, 0.3) is 0 Å². The summed E-state index contributed by atoms with van der Waals surface area (Å²) in [4.78, 5) is 15.6. The molecule has 2 N–H and O–H groups in total. The number of hydrogen-bond acceptors (Lipinski definition) is 7. The number of benzene rings is 2. The Hall–Kier alpha value is -3.06. The number of sulfonamides is 1. The Labute approximate surface area is 272 Å². The summed E-state index contributed by atoms with van der Waals surface area (Å²) in [5.41, 5.74) is 0.635. The van der Waals surface area contributed by atoms with Gasteiger partial charge >= 0.3 is 0 Å². The molecule has 0 spiro atoms. The van der Waals surface area contributed by atoms with Crippen molar-refractivity contribution in [3.63, 3.8) is 0 Å². The van der Waals surface area contributed by atoms with Gasteiger partial charge in [0.2, 0.25) is 10.0 Å². The Morgan fingerprint density at radius 3 is 2.62 bits per heavy atom. The first-order chi connectivity index (χ1) is 21.3. The second-order valence-corrected chi connectivity index (χ2v) is 16.1. The van der Waals surface area contributed by atoms with E-state index < -0.39 is 32.2 Å². The number of carbonyl (C=O) groups is 1. The molecule has 1 aliphatic carbocycles. The molecular formula is C35H44ClN3O5S. The summed E-state index contributed by atoms with van der Waals surface area (Å²) >= 11 is 6.32. The largest absolute Gasteiger partial charge is 0.487 e. The molecule has 0 radical (unpaired) electrons. The molecule has 1 amide bonds. The lowest BCUT2D eigenvalue weighted by atomic mass is 9.56. The average molecular weight is 654 g/mol. The van der Waals surface area contributed by atoms with Crippen LogP contribution in [0.2, 0.25) is 5.02 Å². The Morgan fingerprint density at radius 2 is 1.91 bits per heavy atom. The quantitative estimate of drug-likeness (QED) is 0.341. The molecule has 0 aromatic heterocycles. The van der Waals surface area contributed by atoms with Gasteiger partial charge in [0.1, 0.15) is 18.0 Å². The number of aliphatic hydroxyl groups is 1. The number of nitrogens with zero attached hydrogens (tertiary/aromatic N) is 2. The van der Waals surface area contributed by atoms with Gasteiger partial charge in [0, 0.05) is 23.7 Å². The number of carbonyl (C=O) groups excluding carboxylic acids is 1. The van der Waals surface area contributed by atoms with E-state index in [9.17, 15) is 23.6 Å². The Balaban J connectivity index is 1.60. The minimum atomic E-state index is -4.01. The minimum absolute atomic E-state index is 0.0865. The van der Waals surface area contributed by atoms with Crippen molar-refractivity contribution in [2.75, 3.05) is 18.0 Å². The van der Waals surface area contributed by atoms with Crippen LogP contribution in [0.1, 0.15) is 81.3 Å². The number of amides is 1. The van der Waals surface area contributed by atoms with Crippen LogP contribution in [0.15, 0.2) is 48.6 Å². The van der Waals surface area contributed by atoms with Crippen molar-refractivity contribution in [3.8, 4) is 11.8 Å². The number of allylic oxidation sites excluding steroid dienone is 1. The van der Waals surface area contributed by atoms with Crippen molar-refractivity contribution in [1.29, 1.82) is 5.26 Å². The zero-order valence-electron chi connectivity index (χ0n) is 26.6. The van der Waals surface area contributed by atoms with E-state index in [0.717, 1.165) is 43.2 Å². The van der Waals surface area contributed by atoms with Crippen molar-refractivity contribution >= 4 is 33.2 Å². The normalized spacial score (nSPS) is 29.7. The number of ether oxygens (including phenoxy) is 1. The number of fused-ring (bicyclic) bond motifs is 3. The first-order valence-electron chi connectivity index (χ1n) is 15.9. The topological polar surface area (TPSA) is 120 Å². The number of nitriles is 1. The van der Waals surface area contributed by atoms with Crippen molar-refractivity contribution in [3.05, 3.63) is 70.3 Å². The maximum atomic E-state index is 13.4. The third kappa shape index (κ3) is 6.74. The van der Waals surface area contributed by atoms with E-state index >= 15 is 0 Å². The predicted molar refractivity (Wildman–Crippen MR) is 177 cm³/mol. The molecule has 2 aromatic rings. The average Bonchev–Trinajstić information content (AvgIpc) is 3.01. The molecule has 2 aromatic carbocycles. The molecule has 2 aliphatic heterocycles. The van der Waals surface area contributed by atoms with Gasteiger partial charge in [-0.1, -0.05) is 36.7 Å². The van der Waals surface area contributed by atoms with Gasteiger partial charge < -0.3 is 14.7 Å². The standard InChI is InChI=1S/C35H44ClN3O5S/c1-23-8-7-16-35(41,34(3,4)22-37)30-14-11-27(30)20-39-17-6-5-9-25-18-29(36)13-10-28(25)21-44-32-15-12-26(19-31(32)39)33(40)38-45(42,43)24(23)2/h7,10,12-13,15-16,18-19,23-24,27,30,41H,5-6,8-9,11,14,17,20-21H2,1-4H3,(H,38,40)/b16-7+/t23-,24+,27-,30+,35-/m0/s1. The van der Waals surface area contributed by atoms with Crippen LogP contribution in [0.3, 0.4) is 0 Å². The maximum absolute atomic E-state index is 13.4. The zero-order valence-corrected chi connectivity index (χ0v) is 28.1. The third-order valence-electron chi connectivity index (χ3n) is 10.4. The summed E-state index contributed by atoms with van der Waals surface area (Å²) in [6, 6.07) is 13.2. The van der Waals surface area contributed by atoms with Gasteiger partial charge in [0.15, 0.2) is 0 Å². The van der Waals surface area contributed by atoms with Crippen molar-refractivity contribution in [2.45, 2.75) is 83.7 Å². The summed E-state index contributed by atoms with van der Waals surface area (Å²) in [6.07, 6.45) is 8.19. The van der Waals surface area contributed by atoms with Gasteiger partial charge in [-0.15, -0.1) is 0 Å². The number of aryl methyl sites for hydroxylation is 1. The van der Waals surface area contributed by atoms with Crippen LogP contribution in [-0.2, 0) is 23.1 Å². The number of halogens is 1. The number of nitrogens with one attached hydrogen (secondary N) is 1. The molecule has 242 valence electrons. The van der Waals surface area contributed by atoms with Crippen LogP contribution < -0.4 is 14.4 Å². The monoisotopic (exact) mass is 653 g/mol. The van der Waals surface area contributed by atoms with Crippen LogP contribution >= 0.6 is 11.6 Å². The summed E-state index contributed by atoms with van der Waals surface area (Å²) in [7, 11) is -4.01.